The molecule has 1 amide bonds. The quantitative estimate of drug-likeness (QED) is 0.342. The number of aromatic nitrogens is 2. The van der Waals surface area contributed by atoms with Crippen molar-refractivity contribution in [1.29, 1.82) is 0 Å². The van der Waals surface area contributed by atoms with Crippen molar-refractivity contribution in [3.05, 3.63) is 90.0 Å². The van der Waals surface area contributed by atoms with E-state index in [2.05, 4.69) is 39.0 Å². The summed E-state index contributed by atoms with van der Waals surface area (Å²) in [6, 6.07) is 26.0. The summed E-state index contributed by atoms with van der Waals surface area (Å²) in [5, 5.41) is 0. The van der Waals surface area contributed by atoms with Gasteiger partial charge in [-0.05, 0) is 67.9 Å². The highest BCUT2D eigenvalue weighted by molar-refractivity contribution is 5.94. The zero-order valence-electron chi connectivity index (χ0n) is 22.3. The number of rotatable bonds is 9. The average molecular weight is 512 g/mol. The number of carbonyl (C=O) groups is 1. The van der Waals surface area contributed by atoms with E-state index in [1.807, 2.05) is 66.5 Å². The highest BCUT2D eigenvalue weighted by Crippen LogP contribution is 2.25. The molecule has 1 aliphatic rings. The number of nitrogens with one attached hydrogen (secondary N) is 1. The maximum Gasteiger partial charge on any atom is 0.253 e. The second-order valence-electron chi connectivity index (χ2n) is 10.1. The van der Waals surface area contributed by atoms with Crippen molar-refractivity contribution in [3.63, 3.8) is 0 Å². The summed E-state index contributed by atoms with van der Waals surface area (Å²) in [6.07, 6.45) is 2.07. The second kappa shape index (κ2) is 12.1. The lowest BCUT2D eigenvalue weighted by Crippen LogP contribution is -2.35. The number of fused-ring (bicyclic) bond motifs is 1. The summed E-state index contributed by atoms with van der Waals surface area (Å²) in [5.74, 6) is 2.10. The molecule has 0 bridgehead atoms. The van der Waals surface area contributed by atoms with Crippen LogP contribution in [0.5, 0.6) is 5.75 Å². The highest BCUT2D eigenvalue weighted by atomic mass is 16.5. The average Bonchev–Trinajstić information content (AvgIpc) is 3.26. The second-order valence-corrected chi connectivity index (χ2v) is 10.1. The van der Waals surface area contributed by atoms with Crippen LogP contribution in [0.3, 0.4) is 0 Å². The molecule has 1 aromatic heterocycles. The van der Waals surface area contributed by atoms with E-state index in [1.54, 1.807) is 7.11 Å². The molecule has 1 N–H and O–H groups in total. The number of benzene rings is 3. The first-order valence-electron chi connectivity index (χ1n) is 13.5. The molecule has 5 rings (SSSR count). The number of carbonyl (C=O) groups excluding carboxylic acids is 1. The summed E-state index contributed by atoms with van der Waals surface area (Å²) in [7, 11) is 3.59. The van der Waals surface area contributed by atoms with Gasteiger partial charge in [-0.15, -0.1) is 0 Å². The molecule has 198 valence electrons. The summed E-state index contributed by atoms with van der Waals surface area (Å²) in [6.45, 7) is 5.64. The molecule has 2 heterocycles. The van der Waals surface area contributed by atoms with Crippen LogP contribution in [-0.2, 0) is 0 Å². The summed E-state index contributed by atoms with van der Waals surface area (Å²) in [5.41, 5.74) is 4.05. The van der Waals surface area contributed by atoms with E-state index in [9.17, 15) is 4.79 Å². The molecule has 1 saturated heterocycles. The van der Waals surface area contributed by atoms with Gasteiger partial charge in [0.1, 0.15) is 5.75 Å². The molecular formula is C31H37N5O2. The lowest BCUT2D eigenvalue weighted by Gasteiger charge is -2.28. The Balaban J connectivity index is 1.23. The molecule has 1 atom stereocenters. The fraction of sp³-hybridized carbons (Fsp3) is 0.355. The Labute approximate surface area is 225 Å². The van der Waals surface area contributed by atoms with Gasteiger partial charge in [0.2, 0.25) is 5.95 Å². The van der Waals surface area contributed by atoms with Gasteiger partial charge in [-0.2, -0.15) is 0 Å². The predicted molar refractivity (Wildman–Crippen MR) is 153 cm³/mol. The van der Waals surface area contributed by atoms with Gasteiger partial charge in [0, 0.05) is 44.7 Å². The Morgan fingerprint density at radius 1 is 0.974 bits per heavy atom. The number of nitrogens with zero attached hydrogens (tertiary/aromatic N) is 4. The fourth-order valence-corrected chi connectivity index (χ4v) is 5.29. The Bertz CT molecular complexity index is 1290. The van der Waals surface area contributed by atoms with Gasteiger partial charge in [-0.1, -0.05) is 42.5 Å². The van der Waals surface area contributed by atoms with Crippen molar-refractivity contribution in [1.82, 2.24) is 19.8 Å². The van der Waals surface area contributed by atoms with Crippen molar-refractivity contribution in [2.45, 2.75) is 18.8 Å². The molecule has 1 unspecified atom stereocenters. The molecule has 3 aromatic carbocycles. The zero-order valence-corrected chi connectivity index (χ0v) is 22.3. The summed E-state index contributed by atoms with van der Waals surface area (Å²) >= 11 is 0. The van der Waals surface area contributed by atoms with Gasteiger partial charge in [-0.25, -0.2) is 4.98 Å². The molecular weight excluding hydrogens is 474 g/mol. The van der Waals surface area contributed by atoms with Crippen LogP contribution in [0.4, 0.5) is 5.95 Å². The molecule has 7 nitrogen and oxygen atoms in total. The molecule has 0 radical (unpaired) electrons. The van der Waals surface area contributed by atoms with Gasteiger partial charge in [-0.3, -0.25) is 4.79 Å². The third-order valence-electron chi connectivity index (χ3n) is 7.51. The maximum atomic E-state index is 13.1. The number of likely N-dealkylation sites (N-methyl/N-ethyl adjacent to an activating group) is 1. The van der Waals surface area contributed by atoms with E-state index in [-0.39, 0.29) is 11.8 Å². The lowest BCUT2D eigenvalue weighted by molar-refractivity contribution is 0.0782. The molecule has 38 heavy (non-hydrogen) atoms. The van der Waals surface area contributed by atoms with E-state index in [0.29, 0.717) is 6.54 Å². The molecule has 0 aliphatic carbocycles. The van der Waals surface area contributed by atoms with E-state index >= 15 is 0 Å². The summed E-state index contributed by atoms with van der Waals surface area (Å²) in [4.78, 5) is 28.2. The topological polar surface area (TPSA) is 64.7 Å². The Kier molecular flexibility index (Phi) is 8.24. The van der Waals surface area contributed by atoms with Crippen molar-refractivity contribution < 1.29 is 9.53 Å². The Hall–Kier alpha value is -3.84. The predicted octanol–water partition coefficient (Wildman–Crippen LogP) is 5.03. The van der Waals surface area contributed by atoms with E-state index in [0.717, 1.165) is 73.9 Å². The molecule has 0 saturated carbocycles. The van der Waals surface area contributed by atoms with Gasteiger partial charge in [0.15, 0.2) is 0 Å². The fourth-order valence-electron chi connectivity index (χ4n) is 5.29. The minimum Gasteiger partial charge on any atom is -0.497 e. The van der Waals surface area contributed by atoms with Gasteiger partial charge in [0.25, 0.3) is 5.91 Å². The van der Waals surface area contributed by atoms with Crippen LogP contribution in [0.1, 0.15) is 34.7 Å². The largest absolute Gasteiger partial charge is 0.497 e. The minimum absolute atomic E-state index is 0.0559. The van der Waals surface area contributed by atoms with Crippen molar-refractivity contribution in [3.8, 4) is 5.75 Å². The molecule has 1 fully saturated rings. The van der Waals surface area contributed by atoms with Crippen molar-refractivity contribution in [2.24, 2.45) is 0 Å². The van der Waals surface area contributed by atoms with Crippen molar-refractivity contribution >= 4 is 22.9 Å². The number of hydrogen-bond acceptors (Lipinski definition) is 5. The van der Waals surface area contributed by atoms with Crippen LogP contribution in [0.2, 0.25) is 0 Å². The van der Waals surface area contributed by atoms with E-state index in [4.69, 9.17) is 9.72 Å². The standard InChI is InChI=1S/C31H37N5O2/c1-34(30(37)25-9-4-3-5-10-25)23-26(24-13-15-27(38-2)16-14-24)17-20-35-18-8-19-36(22-21-35)31-32-28-11-6-7-12-29(28)33-31/h3-7,9-16,26H,8,17-23H2,1-2H3,(H,32,33). The third-order valence-corrected chi connectivity index (χ3v) is 7.51. The lowest BCUT2D eigenvalue weighted by atomic mass is 9.94. The Morgan fingerprint density at radius 3 is 2.50 bits per heavy atom. The van der Waals surface area contributed by atoms with Crippen LogP contribution in [0, 0.1) is 0 Å². The minimum atomic E-state index is 0.0559. The van der Waals surface area contributed by atoms with Gasteiger partial charge < -0.3 is 24.4 Å². The first-order chi connectivity index (χ1) is 18.6. The zero-order chi connectivity index (χ0) is 26.3. The van der Waals surface area contributed by atoms with E-state index in [1.165, 1.54) is 5.56 Å². The van der Waals surface area contributed by atoms with Gasteiger partial charge >= 0.3 is 0 Å². The number of ether oxygens (including phenoxy) is 1. The number of hydrogen-bond donors (Lipinski definition) is 1. The maximum absolute atomic E-state index is 13.1. The number of aromatic amines is 1. The number of H-pyrrole nitrogens is 1. The normalized spacial score (nSPS) is 15.3. The number of anilines is 1. The number of amides is 1. The first-order valence-corrected chi connectivity index (χ1v) is 13.5. The molecule has 0 spiro atoms. The van der Waals surface area contributed by atoms with Crippen LogP contribution >= 0.6 is 0 Å². The van der Waals surface area contributed by atoms with Crippen LogP contribution in [0.15, 0.2) is 78.9 Å². The number of imidazole rings is 1. The highest BCUT2D eigenvalue weighted by Gasteiger charge is 2.22. The number of methoxy groups -OCH3 is 1. The van der Waals surface area contributed by atoms with Crippen LogP contribution in [0.25, 0.3) is 11.0 Å². The summed E-state index contributed by atoms with van der Waals surface area (Å²) < 4.78 is 5.38. The molecule has 4 aromatic rings. The van der Waals surface area contributed by atoms with E-state index < -0.39 is 0 Å². The smallest absolute Gasteiger partial charge is 0.253 e. The van der Waals surface area contributed by atoms with Crippen LogP contribution in [-0.4, -0.2) is 79.1 Å². The van der Waals surface area contributed by atoms with Crippen LogP contribution < -0.4 is 9.64 Å². The van der Waals surface area contributed by atoms with Gasteiger partial charge in [0.05, 0.1) is 18.1 Å². The Morgan fingerprint density at radius 2 is 1.74 bits per heavy atom. The molecule has 1 aliphatic heterocycles. The number of para-hydroxylation sites is 2. The first kappa shape index (κ1) is 25.8. The third kappa shape index (κ3) is 6.17. The SMILES string of the molecule is COc1ccc(C(CCN2CCCN(c3nc4ccccc4[nH]3)CC2)CN(C)C(=O)c2ccccc2)cc1. The van der Waals surface area contributed by atoms with Crippen molar-refractivity contribution in [2.75, 3.05) is 58.3 Å². The monoisotopic (exact) mass is 511 g/mol. The molecule has 7 heteroatoms.